The van der Waals surface area contributed by atoms with Gasteiger partial charge in [-0.25, -0.2) is 4.79 Å². The second-order valence-electron chi connectivity index (χ2n) is 3.38. The third-order valence-electron chi connectivity index (χ3n) is 1.78. The van der Waals surface area contributed by atoms with E-state index in [0.717, 1.165) is 0 Å². The van der Waals surface area contributed by atoms with Crippen LogP contribution in [0.15, 0.2) is 12.2 Å². The standard InChI is InChI=1S/C9H9F3O7/c10-4(11)1-5(12)19-7(15)3-9(18,8(16)17)2-6(13)14/h1,5,18H,2-3H2,(H,13,14)(H,16,17). The van der Waals surface area contributed by atoms with Crippen LogP contribution in [0.25, 0.3) is 0 Å². The largest absolute Gasteiger partial charge is 0.481 e. The quantitative estimate of drug-likeness (QED) is 0.575. The molecule has 0 amide bonds. The van der Waals surface area contributed by atoms with Crippen molar-refractivity contribution in [2.75, 3.05) is 0 Å². The van der Waals surface area contributed by atoms with Crippen molar-refractivity contribution in [1.82, 2.24) is 0 Å². The lowest BCUT2D eigenvalue weighted by molar-refractivity contribution is -0.175. The molecule has 0 bridgehead atoms. The van der Waals surface area contributed by atoms with Crippen LogP contribution >= 0.6 is 0 Å². The predicted octanol–water partition coefficient (Wildman–Crippen LogP) is 0.286. The number of carboxylic acid groups (broad SMARTS) is 2. The van der Waals surface area contributed by atoms with E-state index in [1.165, 1.54) is 0 Å². The topological polar surface area (TPSA) is 121 Å². The molecule has 0 aromatic heterocycles. The number of esters is 1. The molecule has 3 N–H and O–H groups in total. The van der Waals surface area contributed by atoms with Crippen LogP contribution in [0.3, 0.4) is 0 Å². The molecule has 10 heteroatoms. The van der Waals surface area contributed by atoms with Crippen LogP contribution < -0.4 is 0 Å². The molecule has 0 spiro atoms. The maximum atomic E-state index is 12.6. The van der Waals surface area contributed by atoms with Crippen molar-refractivity contribution in [2.24, 2.45) is 0 Å². The Morgan fingerprint density at radius 2 is 1.74 bits per heavy atom. The average molecular weight is 286 g/mol. The van der Waals surface area contributed by atoms with E-state index in [2.05, 4.69) is 4.74 Å². The summed E-state index contributed by atoms with van der Waals surface area (Å²) in [6, 6.07) is 0. The summed E-state index contributed by atoms with van der Waals surface area (Å²) in [7, 11) is 0. The van der Waals surface area contributed by atoms with Crippen LogP contribution in [0, 0.1) is 0 Å². The fourth-order valence-electron chi connectivity index (χ4n) is 1.00. The number of rotatable bonds is 7. The Bertz CT molecular complexity index is 405. The Hall–Kier alpha value is -2.10. The molecule has 0 heterocycles. The van der Waals surface area contributed by atoms with Gasteiger partial charge in [-0.1, -0.05) is 0 Å². The molecule has 0 saturated heterocycles. The van der Waals surface area contributed by atoms with E-state index in [0.29, 0.717) is 0 Å². The van der Waals surface area contributed by atoms with E-state index in [1.54, 1.807) is 0 Å². The van der Waals surface area contributed by atoms with Gasteiger partial charge in [0.2, 0.25) is 0 Å². The molecule has 0 rings (SSSR count). The molecule has 19 heavy (non-hydrogen) atoms. The van der Waals surface area contributed by atoms with Gasteiger partial charge in [-0.15, -0.1) is 0 Å². The van der Waals surface area contributed by atoms with Gasteiger partial charge in [0.1, 0.15) is 0 Å². The lowest BCUT2D eigenvalue weighted by atomic mass is 9.96. The van der Waals surface area contributed by atoms with Gasteiger partial charge in [0.05, 0.1) is 18.9 Å². The number of aliphatic carboxylic acids is 2. The first kappa shape index (κ1) is 16.9. The smallest absolute Gasteiger partial charge is 0.336 e. The maximum absolute atomic E-state index is 12.6. The molecular weight excluding hydrogens is 277 g/mol. The highest BCUT2D eigenvalue weighted by Gasteiger charge is 2.41. The number of hydrogen-bond acceptors (Lipinski definition) is 5. The Balaban J connectivity index is 4.70. The van der Waals surface area contributed by atoms with E-state index in [4.69, 9.17) is 10.2 Å². The van der Waals surface area contributed by atoms with Crippen molar-refractivity contribution in [3.05, 3.63) is 12.2 Å². The number of carbonyl (C=O) groups excluding carboxylic acids is 1. The number of hydrogen-bond donors (Lipinski definition) is 3. The summed E-state index contributed by atoms with van der Waals surface area (Å²) in [6.07, 6.45) is -8.42. The Morgan fingerprint density at radius 1 is 1.21 bits per heavy atom. The second kappa shape index (κ2) is 6.73. The van der Waals surface area contributed by atoms with Crippen molar-refractivity contribution in [3.8, 4) is 0 Å². The summed E-state index contributed by atoms with van der Waals surface area (Å²) < 4.78 is 39.5. The second-order valence-corrected chi connectivity index (χ2v) is 3.38. The lowest BCUT2D eigenvalue weighted by Crippen LogP contribution is -2.43. The zero-order valence-electron chi connectivity index (χ0n) is 9.18. The summed E-state index contributed by atoms with van der Waals surface area (Å²) in [5, 5.41) is 26.3. The number of aliphatic hydroxyl groups is 1. The third-order valence-corrected chi connectivity index (χ3v) is 1.78. The van der Waals surface area contributed by atoms with E-state index in [9.17, 15) is 32.7 Å². The molecule has 108 valence electrons. The van der Waals surface area contributed by atoms with Gasteiger partial charge in [-0.3, -0.25) is 9.59 Å². The molecular formula is C9H9F3O7. The Labute approximate surface area is 103 Å². The highest BCUT2D eigenvalue weighted by molar-refractivity contribution is 5.88. The zero-order valence-corrected chi connectivity index (χ0v) is 9.18. The normalized spacial score (nSPS) is 14.9. The van der Waals surface area contributed by atoms with Crippen LogP contribution in [0.1, 0.15) is 12.8 Å². The fraction of sp³-hybridized carbons (Fsp3) is 0.444. The van der Waals surface area contributed by atoms with E-state index in [-0.39, 0.29) is 6.08 Å². The molecule has 0 aromatic rings. The molecule has 0 saturated carbocycles. The third kappa shape index (κ3) is 6.41. The van der Waals surface area contributed by atoms with Crippen molar-refractivity contribution in [3.63, 3.8) is 0 Å². The summed E-state index contributed by atoms with van der Waals surface area (Å²) in [5.41, 5.74) is -3.01. The first-order valence-corrected chi connectivity index (χ1v) is 4.61. The molecule has 0 aliphatic heterocycles. The van der Waals surface area contributed by atoms with Crippen LogP contribution in [-0.4, -0.2) is 45.2 Å². The number of halogens is 3. The van der Waals surface area contributed by atoms with Gasteiger partial charge in [-0.2, -0.15) is 13.2 Å². The summed E-state index contributed by atoms with van der Waals surface area (Å²) >= 11 is 0. The van der Waals surface area contributed by atoms with Crippen LogP contribution in [0.2, 0.25) is 0 Å². The Morgan fingerprint density at radius 3 is 2.11 bits per heavy atom. The van der Waals surface area contributed by atoms with E-state index in [1.807, 2.05) is 0 Å². The molecule has 0 radical (unpaired) electrons. The van der Waals surface area contributed by atoms with Gasteiger partial charge in [-0.05, 0) is 0 Å². The van der Waals surface area contributed by atoms with Gasteiger partial charge in [0.25, 0.3) is 12.4 Å². The molecule has 2 atom stereocenters. The SMILES string of the molecule is O=C(O)CC(O)(CC(=O)OC(F)C=C(F)F)C(=O)O. The minimum absolute atomic E-state index is 0.366. The average Bonchev–Trinajstić information content (AvgIpc) is 2.12. The molecule has 0 fully saturated rings. The van der Waals surface area contributed by atoms with Crippen molar-refractivity contribution in [1.29, 1.82) is 0 Å². The van der Waals surface area contributed by atoms with E-state index < -0.39 is 48.8 Å². The summed E-state index contributed by atoms with van der Waals surface area (Å²) in [5.74, 6) is -5.46. The van der Waals surface area contributed by atoms with Gasteiger partial charge in [0, 0.05) is 0 Å². The van der Waals surface area contributed by atoms with Crippen LogP contribution in [0.5, 0.6) is 0 Å². The summed E-state index contributed by atoms with van der Waals surface area (Å²) in [4.78, 5) is 31.9. The molecule has 2 unspecified atom stereocenters. The van der Waals surface area contributed by atoms with Crippen molar-refractivity contribution >= 4 is 17.9 Å². The number of alkyl halides is 1. The first-order chi connectivity index (χ1) is 8.56. The lowest BCUT2D eigenvalue weighted by Gasteiger charge is -2.20. The highest BCUT2D eigenvalue weighted by Crippen LogP contribution is 2.18. The summed E-state index contributed by atoms with van der Waals surface area (Å²) in [6.45, 7) is 0. The molecule has 0 aliphatic carbocycles. The fourth-order valence-corrected chi connectivity index (χ4v) is 1.00. The van der Waals surface area contributed by atoms with Gasteiger partial charge < -0.3 is 20.1 Å². The number of carboxylic acids is 2. The molecule has 7 nitrogen and oxygen atoms in total. The first-order valence-electron chi connectivity index (χ1n) is 4.61. The van der Waals surface area contributed by atoms with Crippen molar-refractivity contribution in [2.45, 2.75) is 24.8 Å². The number of carbonyl (C=O) groups is 3. The maximum Gasteiger partial charge on any atom is 0.336 e. The minimum Gasteiger partial charge on any atom is -0.481 e. The van der Waals surface area contributed by atoms with Crippen LogP contribution in [-0.2, 0) is 19.1 Å². The molecule has 0 aromatic carbocycles. The molecule has 0 aliphatic rings. The van der Waals surface area contributed by atoms with Gasteiger partial charge >= 0.3 is 17.9 Å². The predicted molar refractivity (Wildman–Crippen MR) is 50.7 cm³/mol. The van der Waals surface area contributed by atoms with E-state index >= 15 is 0 Å². The monoisotopic (exact) mass is 286 g/mol. The van der Waals surface area contributed by atoms with Gasteiger partial charge in [0.15, 0.2) is 5.60 Å². The van der Waals surface area contributed by atoms with Crippen LogP contribution in [0.4, 0.5) is 13.2 Å². The zero-order chi connectivity index (χ0) is 15.2. The number of ether oxygens (including phenoxy) is 1. The van der Waals surface area contributed by atoms with Crippen molar-refractivity contribution < 1.29 is 47.6 Å². The minimum atomic E-state index is -3.01. The highest BCUT2D eigenvalue weighted by atomic mass is 19.3. The Kier molecular flexibility index (Phi) is 5.99.